The van der Waals surface area contributed by atoms with Crippen LogP contribution in [0.1, 0.15) is 6.92 Å². The van der Waals surface area contributed by atoms with Crippen molar-refractivity contribution in [1.29, 1.82) is 0 Å². The number of sulfonamides is 1. The van der Waals surface area contributed by atoms with Crippen LogP contribution in [0.2, 0.25) is 0 Å². The first-order valence-corrected chi connectivity index (χ1v) is 8.46. The number of carbonyl (C=O) groups is 1. The van der Waals surface area contributed by atoms with Gasteiger partial charge in [0.25, 0.3) is 0 Å². The molecule has 1 aliphatic rings. The molecule has 0 aliphatic carbocycles. The van der Waals surface area contributed by atoms with E-state index in [0.29, 0.717) is 17.9 Å². The summed E-state index contributed by atoms with van der Waals surface area (Å²) in [7, 11) is -0.705. The van der Waals surface area contributed by atoms with E-state index in [4.69, 9.17) is 0 Å². The summed E-state index contributed by atoms with van der Waals surface area (Å²) in [6.07, 6.45) is 0. The van der Waals surface area contributed by atoms with Crippen LogP contribution in [0.5, 0.6) is 0 Å². The maximum atomic E-state index is 13.4. The highest BCUT2D eigenvalue weighted by Crippen LogP contribution is 2.34. The summed E-state index contributed by atoms with van der Waals surface area (Å²) in [5.41, 5.74) is 0.938. The van der Waals surface area contributed by atoms with Crippen molar-refractivity contribution in [1.82, 2.24) is 0 Å². The van der Waals surface area contributed by atoms with Gasteiger partial charge < -0.3 is 9.64 Å². The molecule has 0 amide bonds. The largest absolute Gasteiger partial charge is 0.469 e. The predicted octanol–water partition coefficient (Wildman–Crippen LogP) is 1.22. The molecule has 0 N–H and O–H groups in total. The molecule has 0 bridgehead atoms. The standard InChI is InChI=1S/C14H19FN2O4S/c1-10(14(18)21-3)9-22(19,20)17-7-6-16(2)13-8-11(15)4-5-12(13)17/h4-5,8,10H,6-7,9H2,1-3H3/t10-/m0/s1. The summed E-state index contributed by atoms with van der Waals surface area (Å²) in [5, 5.41) is 0. The van der Waals surface area contributed by atoms with Crippen molar-refractivity contribution < 1.29 is 22.3 Å². The molecule has 0 aromatic heterocycles. The molecule has 122 valence electrons. The third kappa shape index (κ3) is 3.16. The summed E-state index contributed by atoms with van der Waals surface area (Å²) in [4.78, 5) is 13.3. The molecule has 1 atom stereocenters. The van der Waals surface area contributed by atoms with Crippen LogP contribution < -0.4 is 9.21 Å². The summed E-state index contributed by atoms with van der Waals surface area (Å²) < 4.78 is 44.4. The van der Waals surface area contributed by atoms with Crippen LogP contribution in [0.4, 0.5) is 15.8 Å². The summed E-state index contributed by atoms with van der Waals surface area (Å²) >= 11 is 0. The number of esters is 1. The van der Waals surface area contributed by atoms with Crippen molar-refractivity contribution in [2.45, 2.75) is 6.92 Å². The van der Waals surface area contributed by atoms with Gasteiger partial charge in [-0.3, -0.25) is 9.10 Å². The van der Waals surface area contributed by atoms with Gasteiger partial charge >= 0.3 is 5.97 Å². The van der Waals surface area contributed by atoms with Crippen LogP contribution in [0.3, 0.4) is 0 Å². The molecule has 2 rings (SSSR count). The first-order valence-electron chi connectivity index (χ1n) is 6.85. The zero-order chi connectivity index (χ0) is 16.5. The first-order chi connectivity index (χ1) is 10.3. The van der Waals surface area contributed by atoms with Crippen molar-refractivity contribution in [2.24, 2.45) is 5.92 Å². The Morgan fingerprint density at radius 2 is 2.05 bits per heavy atom. The van der Waals surface area contributed by atoms with Crippen LogP contribution in [-0.2, 0) is 19.6 Å². The minimum atomic E-state index is -3.70. The molecule has 1 aliphatic heterocycles. The molecule has 0 spiro atoms. The fourth-order valence-corrected chi connectivity index (χ4v) is 4.22. The number of nitrogens with zero attached hydrogens (tertiary/aromatic N) is 2. The number of ether oxygens (including phenoxy) is 1. The van der Waals surface area contributed by atoms with E-state index in [2.05, 4.69) is 4.74 Å². The van der Waals surface area contributed by atoms with Gasteiger partial charge in [-0.05, 0) is 18.2 Å². The van der Waals surface area contributed by atoms with Crippen LogP contribution in [-0.4, -0.2) is 47.4 Å². The highest BCUT2D eigenvalue weighted by Gasteiger charge is 2.32. The van der Waals surface area contributed by atoms with Gasteiger partial charge in [0.2, 0.25) is 10.0 Å². The van der Waals surface area contributed by atoms with E-state index in [0.717, 1.165) is 0 Å². The number of methoxy groups -OCH3 is 1. The van der Waals surface area contributed by atoms with Crippen LogP contribution in [0.15, 0.2) is 18.2 Å². The number of anilines is 2. The summed E-state index contributed by atoms with van der Waals surface area (Å²) in [5.74, 6) is -2.11. The Balaban J connectivity index is 2.34. The maximum absolute atomic E-state index is 13.4. The molecular formula is C14H19FN2O4S. The van der Waals surface area contributed by atoms with Crippen molar-refractivity contribution in [3.8, 4) is 0 Å². The van der Waals surface area contributed by atoms with E-state index in [1.165, 1.54) is 36.5 Å². The normalized spacial score (nSPS) is 16.2. The average Bonchev–Trinajstić information content (AvgIpc) is 2.46. The van der Waals surface area contributed by atoms with Crippen molar-refractivity contribution in [3.63, 3.8) is 0 Å². The lowest BCUT2D eigenvalue weighted by molar-refractivity contribution is -0.144. The molecule has 22 heavy (non-hydrogen) atoms. The zero-order valence-corrected chi connectivity index (χ0v) is 13.6. The SMILES string of the molecule is COC(=O)[C@@H](C)CS(=O)(=O)N1CCN(C)c2cc(F)ccc21. The molecule has 1 aromatic carbocycles. The fourth-order valence-electron chi connectivity index (χ4n) is 2.46. The van der Waals surface area contributed by atoms with Crippen LogP contribution >= 0.6 is 0 Å². The third-order valence-corrected chi connectivity index (χ3v) is 5.63. The topological polar surface area (TPSA) is 66.9 Å². The smallest absolute Gasteiger partial charge is 0.309 e. The molecule has 0 saturated carbocycles. The molecule has 6 nitrogen and oxygen atoms in total. The van der Waals surface area contributed by atoms with Gasteiger partial charge in [0.15, 0.2) is 0 Å². The second-order valence-corrected chi connectivity index (χ2v) is 7.27. The number of hydrogen-bond donors (Lipinski definition) is 0. The molecule has 0 saturated heterocycles. The van der Waals surface area contributed by atoms with E-state index >= 15 is 0 Å². The Morgan fingerprint density at radius 1 is 1.36 bits per heavy atom. The number of benzene rings is 1. The molecule has 8 heteroatoms. The minimum absolute atomic E-state index is 0.255. The minimum Gasteiger partial charge on any atom is -0.469 e. The van der Waals surface area contributed by atoms with Crippen molar-refractivity contribution in [2.75, 3.05) is 42.2 Å². The Labute approximate surface area is 129 Å². The monoisotopic (exact) mass is 330 g/mol. The van der Waals surface area contributed by atoms with Gasteiger partial charge in [0.1, 0.15) is 5.82 Å². The Morgan fingerprint density at radius 3 is 2.68 bits per heavy atom. The fraction of sp³-hybridized carbons (Fsp3) is 0.500. The Kier molecular flexibility index (Phi) is 4.60. The molecule has 1 heterocycles. The predicted molar refractivity (Wildman–Crippen MR) is 82.0 cm³/mol. The number of likely N-dealkylation sites (N-methyl/N-ethyl adjacent to an activating group) is 1. The third-order valence-electron chi connectivity index (χ3n) is 3.66. The van der Waals surface area contributed by atoms with Gasteiger partial charge in [-0.15, -0.1) is 0 Å². The number of fused-ring (bicyclic) bond motifs is 1. The van der Waals surface area contributed by atoms with E-state index < -0.39 is 27.7 Å². The molecule has 1 aromatic rings. The van der Waals surface area contributed by atoms with Gasteiger partial charge in [0, 0.05) is 13.6 Å². The molecule has 0 unspecified atom stereocenters. The van der Waals surface area contributed by atoms with E-state index in [1.54, 1.807) is 11.9 Å². The molecule has 0 fully saturated rings. The van der Waals surface area contributed by atoms with Crippen molar-refractivity contribution in [3.05, 3.63) is 24.0 Å². The van der Waals surface area contributed by atoms with Crippen LogP contribution in [0, 0.1) is 11.7 Å². The second-order valence-electron chi connectivity index (χ2n) is 5.33. The molecular weight excluding hydrogens is 311 g/mol. The van der Waals surface area contributed by atoms with Crippen LogP contribution in [0.25, 0.3) is 0 Å². The van der Waals surface area contributed by atoms with E-state index in [-0.39, 0.29) is 12.3 Å². The quantitative estimate of drug-likeness (QED) is 0.777. The molecule has 0 radical (unpaired) electrons. The van der Waals surface area contributed by atoms with Crippen molar-refractivity contribution >= 4 is 27.4 Å². The first kappa shape index (κ1) is 16.5. The maximum Gasteiger partial charge on any atom is 0.309 e. The van der Waals surface area contributed by atoms with Gasteiger partial charge in [-0.1, -0.05) is 6.92 Å². The number of halogens is 1. The lowest BCUT2D eigenvalue weighted by Gasteiger charge is -2.36. The zero-order valence-electron chi connectivity index (χ0n) is 12.7. The Bertz CT molecular complexity index is 677. The van der Waals surface area contributed by atoms with Gasteiger partial charge in [0.05, 0.1) is 36.7 Å². The highest BCUT2D eigenvalue weighted by molar-refractivity contribution is 7.92. The second kappa shape index (κ2) is 6.12. The Hall–Kier alpha value is -1.83. The average molecular weight is 330 g/mol. The van der Waals surface area contributed by atoms with E-state index in [1.807, 2.05) is 0 Å². The summed E-state index contributed by atoms with van der Waals surface area (Å²) in [6.45, 7) is 2.21. The highest BCUT2D eigenvalue weighted by atomic mass is 32.2. The van der Waals surface area contributed by atoms with Gasteiger partial charge in [-0.25, -0.2) is 12.8 Å². The summed E-state index contributed by atoms with van der Waals surface area (Å²) in [6, 6.07) is 3.98. The number of hydrogen-bond acceptors (Lipinski definition) is 5. The lowest BCUT2D eigenvalue weighted by Crippen LogP contribution is -2.45. The lowest BCUT2D eigenvalue weighted by atomic mass is 10.2. The van der Waals surface area contributed by atoms with E-state index in [9.17, 15) is 17.6 Å². The number of rotatable bonds is 4. The van der Waals surface area contributed by atoms with Gasteiger partial charge in [-0.2, -0.15) is 0 Å². The number of carbonyl (C=O) groups excluding carboxylic acids is 1.